The molecule has 3 rings (SSSR count). The van der Waals surface area contributed by atoms with E-state index in [2.05, 4.69) is 10.00 Å². The summed E-state index contributed by atoms with van der Waals surface area (Å²) in [5.41, 5.74) is -0.748. The van der Waals surface area contributed by atoms with Crippen molar-refractivity contribution in [1.29, 1.82) is 0 Å². The van der Waals surface area contributed by atoms with Gasteiger partial charge < -0.3 is 10.0 Å². The minimum Gasteiger partial charge on any atom is -0.391 e. The molecule has 1 aliphatic heterocycles. The molecule has 2 fully saturated rings. The second-order valence-electron chi connectivity index (χ2n) is 7.06. The molecule has 0 bridgehead atoms. The van der Waals surface area contributed by atoms with Gasteiger partial charge in [0.25, 0.3) is 0 Å². The first-order chi connectivity index (χ1) is 10.9. The normalized spacial score (nSPS) is 26.7. The van der Waals surface area contributed by atoms with Crippen molar-refractivity contribution in [2.45, 2.75) is 50.8 Å². The van der Waals surface area contributed by atoms with Gasteiger partial charge in [-0.15, -0.1) is 0 Å². The number of carbonyl (C=O) groups excluding carboxylic acids is 1. The Morgan fingerprint density at radius 1 is 1.30 bits per heavy atom. The maximum atomic E-state index is 12.9. The second-order valence-corrected chi connectivity index (χ2v) is 7.49. The summed E-state index contributed by atoms with van der Waals surface area (Å²) in [6.07, 6.45) is 6.09. The van der Waals surface area contributed by atoms with Gasteiger partial charge in [0.1, 0.15) is 5.54 Å². The number of nitrogens with zero attached hydrogens (tertiary/aromatic N) is 4. The quantitative estimate of drug-likeness (QED) is 0.901. The zero-order valence-corrected chi connectivity index (χ0v) is 14.5. The Morgan fingerprint density at radius 3 is 2.52 bits per heavy atom. The van der Waals surface area contributed by atoms with Crippen LogP contribution in [-0.4, -0.2) is 68.9 Å². The summed E-state index contributed by atoms with van der Waals surface area (Å²) in [6, 6.07) is 0.269. The van der Waals surface area contributed by atoms with Crippen molar-refractivity contribution in [1.82, 2.24) is 19.6 Å². The van der Waals surface area contributed by atoms with Crippen LogP contribution in [-0.2, 0) is 10.3 Å². The van der Waals surface area contributed by atoms with Crippen LogP contribution in [0, 0.1) is 0 Å². The number of hydrogen-bond donors (Lipinski definition) is 1. The molecule has 2 atom stereocenters. The van der Waals surface area contributed by atoms with E-state index in [9.17, 15) is 9.90 Å². The van der Waals surface area contributed by atoms with Gasteiger partial charge in [-0.2, -0.15) is 5.10 Å². The Labute approximate surface area is 142 Å². The molecule has 0 spiro atoms. The average molecular weight is 341 g/mol. The lowest BCUT2D eigenvalue weighted by Crippen LogP contribution is -2.57. The summed E-state index contributed by atoms with van der Waals surface area (Å²) in [5, 5.41) is 14.8. The smallest absolute Gasteiger partial charge is 0.250 e. The Balaban J connectivity index is 1.61. The van der Waals surface area contributed by atoms with Gasteiger partial charge >= 0.3 is 0 Å². The van der Waals surface area contributed by atoms with Gasteiger partial charge in [0.05, 0.1) is 17.3 Å². The van der Waals surface area contributed by atoms with E-state index in [4.69, 9.17) is 11.6 Å². The third-order valence-corrected chi connectivity index (χ3v) is 5.36. The number of amides is 1. The highest BCUT2D eigenvalue weighted by Crippen LogP contribution is 2.26. The number of aliphatic hydroxyl groups excluding tert-OH is 1. The predicted molar refractivity (Wildman–Crippen MR) is 88.4 cm³/mol. The van der Waals surface area contributed by atoms with Crippen LogP contribution in [0.25, 0.3) is 0 Å². The van der Waals surface area contributed by atoms with E-state index in [-0.39, 0.29) is 18.1 Å². The highest BCUT2D eigenvalue weighted by Gasteiger charge is 2.38. The molecule has 1 N–H and O–H groups in total. The van der Waals surface area contributed by atoms with Crippen molar-refractivity contribution in [2.24, 2.45) is 0 Å². The topological polar surface area (TPSA) is 61.6 Å². The van der Waals surface area contributed by atoms with Gasteiger partial charge in [0.15, 0.2) is 0 Å². The molecule has 1 amide bonds. The van der Waals surface area contributed by atoms with E-state index >= 15 is 0 Å². The van der Waals surface area contributed by atoms with Crippen molar-refractivity contribution < 1.29 is 9.90 Å². The molecule has 23 heavy (non-hydrogen) atoms. The molecular weight excluding hydrogens is 316 g/mol. The number of halogens is 1. The Morgan fingerprint density at radius 2 is 2.00 bits per heavy atom. The minimum absolute atomic E-state index is 0.0592. The third kappa shape index (κ3) is 3.25. The Kier molecular flexibility index (Phi) is 4.67. The second kappa shape index (κ2) is 6.42. The van der Waals surface area contributed by atoms with Crippen LogP contribution < -0.4 is 0 Å². The lowest BCUT2D eigenvalue weighted by Gasteiger charge is -2.41. The van der Waals surface area contributed by atoms with Crippen LogP contribution in [0.3, 0.4) is 0 Å². The monoisotopic (exact) mass is 340 g/mol. The van der Waals surface area contributed by atoms with Crippen LogP contribution in [0.15, 0.2) is 12.4 Å². The molecule has 6 nitrogen and oxygen atoms in total. The zero-order chi connectivity index (χ0) is 16.6. The Bertz CT molecular complexity index is 566. The summed E-state index contributed by atoms with van der Waals surface area (Å²) in [4.78, 5) is 17.1. The van der Waals surface area contributed by atoms with Crippen molar-refractivity contribution in [3.8, 4) is 0 Å². The van der Waals surface area contributed by atoms with Crippen molar-refractivity contribution >= 4 is 17.5 Å². The van der Waals surface area contributed by atoms with E-state index in [1.807, 2.05) is 18.7 Å². The van der Waals surface area contributed by atoms with E-state index in [0.717, 1.165) is 32.4 Å². The van der Waals surface area contributed by atoms with Crippen molar-refractivity contribution in [3.05, 3.63) is 17.4 Å². The SMILES string of the molecule is CC(C)(C(=O)N1CCN([C@@H]2CCC[C@H]2O)CC1)n1cc(Cl)cn1. The van der Waals surface area contributed by atoms with Crippen LogP contribution >= 0.6 is 11.6 Å². The molecule has 0 radical (unpaired) electrons. The number of aromatic nitrogens is 2. The number of aliphatic hydroxyl groups is 1. The number of rotatable bonds is 3. The fourth-order valence-corrected chi connectivity index (χ4v) is 3.83. The zero-order valence-electron chi connectivity index (χ0n) is 13.8. The predicted octanol–water partition coefficient (Wildman–Crippen LogP) is 1.33. The molecule has 2 aliphatic rings. The number of hydrogen-bond acceptors (Lipinski definition) is 4. The highest BCUT2D eigenvalue weighted by atomic mass is 35.5. The summed E-state index contributed by atoms with van der Waals surface area (Å²) in [5.74, 6) is 0.0592. The Hall–Kier alpha value is -1.11. The largest absolute Gasteiger partial charge is 0.391 e. The highest BCUT2D eigenvalue weighted by molar-refractivity contribution is 6.30. The first-order valence-electron chi connectivity index (χ1n) is 8.32. The molecule has 1 aromatic rings. The van der Waals surface area contributed by atoms with E-state index < -0.39 is 5.54 Å². The van der Waals surface area contributed by atoms with Crippen molar-refractivity contribution in [2.75, 3.05) is 26.2 Å². The van der Waals surface area contributed by atoms with Gasteiger partial charge in [0.2, 0.25) is 5.91 Å². The van der Waals surface area contributed by atoms with E-state index in [0.29, 0.717) is 18.1 Å². The fraction of sp³-hybridized carbons (Fsp3) is 0.750. The van der Waals surface area contributed by atoms with Crippen LogP contribution in [0.1, 0.15) is 33.1 Å². The lowest BCUT2D eigenvalue weighted by molar-refractivity contribution is -0.142. The number of piperazine rings is 1. The molecule has 0 unspecified atom stereocenters. The maximum absolute atomic E-state index is 12.9. The summed E-state index contributed by atoms with van der Waals surface area (Å²) < 4.78 is 1.63. The first kappa shape index (κ1) is 16.7. The molecule has 1 saturated carbocycles. The van der Waals surface area contributed by atoms with Gasteiger partial charge in [-0.1, -0.05) is 11.6 Å². The first-order valence-corrected chi connectivity index (χ1v) is 8.69. The summed E-state index contributed by atoms with van der Waals surface area (Å²) in [6.45, 7) is 6.77. The summed E-state index contributed by atoms with van der Waals surface area (Å²) >= 11 is 5.92. The van der Waals surface area contributed by atoms with Gasteiger partial charge in [-0.3, -0.25) is 14.4 Å². The van der Waals surface area contributed by atoms with E-state index in [1.165, 1.54) is 0 Å². The molecule has 0 aromatic carbocycles. The molecule has 128 valence electrons. The molecule has 1 aliphatic carbocycles. The van der Waals surface area contributed by atoms with Gasteiger partial charge in [-0.25, -0.2) is 0 Å². The standard InChI is InChI=1S/C16H25ClN4O2/c1-16(2,21-11-12(17)10-18-21)15(23)20-8-6-19(7-9-20)13-4-3-5-14(13)22/h10-11,13-14,22H,3-9H2,1-2H3/t13-,14-/m1/s1. The van der Waals surface area contributed by atoms with E-state index in [1.54, 1.807) is 17.1 Å². The van der Waals surface area contributed by atoms with Crippen LogP contribution in [0.2, 0.25) is 5.02 Å². The molecule has 7 heteroatoms. The molecule has 1 saturated heterocycles. The van der Waals surface area contributed by atoms with Gasteiger partial charge in [0, 0.05) is 38.4 Å². The fourth-order valence-electron chi connectivity index (χ4n) is 3.69. The maximum Gasteiger partial charge on any atom is 0.250 e. The average Bonchev–Trinajstić information content (AvgIpc) is 3.15. The number of carbonyl (C=O) groups is 1. The molecule has 2 heterocycles. The molecular formula is C16H25ClN4O2. The van der Waals surface area contributed by atoms with Crippen LogP contribution in [0.4, 0.5) is 0 Å². The van der Waals surface area contributed by atoms with Crippen LogP contribution in [0.5, 0.6) is 0 Å². The summed E-state index contributed by atoms with van der Waals surface area (Å²) in [7, 11) is 0. The third-order valence-electron chi connectivity index (χ3n) is 5.16. The minimum atomic E-state index is -0.748. The molecule has 1 aromatic heterocycles. The van der Waals surface area contributed by atoms with Crippen molar-refractivity contribution in [3.63, 3.8) is 0 Å². The lowest BCUT2D eigenvalue weighted by atomic mass is 10.0. The van der Waals surface area contributed by atoms with Gasteiger partial charge in [-0.05, 0) is 33.1 Å².